The SMILES string of the molecule is COc1ccc(C(=O)OC(C)C(=O)c2ccc3c(c2)CCC3)cc1S(=O)(=O)N1CCOCC1. The van der Waals surface area contributed by atoms with E-state index in [1.54, 1.807) is 6.07 Å². The normalized spacial score (nSPS) is 17.3. The number of sulfonamides is 1. The molecule has 0 aromatic heterocycles. The minimum Gasteiger partial charge on any atom is -0.495 e. The summed E-state index contributed by atoms with van der Waals surface area (Å²) in [6.45, 7) is 2.54. The molecular formula is C24H27NO7S. The van der Waals surface area contributed by atoms with E-state index in [9.17, 15) is 18.0 Å². The molecule has 9 heteroatoms. The van der Waals surface area contributed by atoms with E-state index < -0.39 is 22.1 Å². The highest BCUT2D eigenvalue weighted by atomic mass is 32.2. The molecular weight excluding hydrogens is 446 g/mol. The number of ether oxygens (including phenoxy) is 3. The van der Waals surface area contributed by atoms with Gasteiger partial charge in [-0.15, -0.1) is 0 Å². The molecule has 1 unspecified atom stereocenters. The van der Waals surface area contributed by atoms with Gasteiger partial charge in [0.1, 0.15) is 10.6 Å². The van der Waals surface area contributed by atoms with Crippen LogP contribution in [-0.4, -0.2) is 64.0 Å². The maximum atomic E-state index is 13.1. The second kappa shape index (κ2) is 9.62. The molecule has 2 aromatic rings. The Morgan fingerprint density at radius 2 is 1.70 bits per heavy atom. The second-order valence-corrected chi connectivity index (χ2v) is 10.0. The van der Waals surface area contributed by atoms with Gasteiger partial charge in [0, 0.05) is 18.7 Å². The Balaban J connectivity index is 1.53. The number of hydrogen-bond donors (Lipinski definition) is 0. The lowest BCUT2D eigenvalue weighted by molar-refractivity contribution is 0.0318. The van der Waals surface area contributed by atoms with Crippen molar-refractivity contribution in [1.29, 1.82) is 0 Å². The Labute approximate surface area is 193 Å². The molecule has 0 radical (unpaired) electrons. The largest absolute Gasteiger partial charge is 0.495 e. The van der Waals surface area contributed by atoms with Crippen molar-refractivity contribution in [3.8, 4) is 5.75 Å². The number of fused-ring (bicyclic) bond motifs is 1. The van der Waals surface area contributed by atoms with Crippen LogP contribution in [0, 0.1) is 0 Å². The fourth-order valence-electron chi connectivity index (χ4n) is 4.17. The molecule has 1 atom stereocenters. The van der Waals surface area contributed by atoms with Crippen LogP contribution in [0.25, 0.3) is 0 Å². The van der Waals surface area contributed by atoms with E-state index in [-0.39, 0.29) is 35.1 Å². The topological polar surface area (TPSA) is 99.2 Å². The number of morpholine rings is 1. The molecule has 1 saturated heterocycles. The number of rotatable bonds is 7. The number of methoxy groups -OCH3 is 1. The summed E-state index contributed by atoms with van der Waals surface area (Å²) in [4.78, 5) is 25.5. The summed E-state index contributed by atoms with van der Waals surface area (Å²) in [5.74, 6) is -0.953. The van der Waals surface area contributed by atoms with E-state index in [0.29, 0.717) is 18.8 Å². The summed E-state index contributed by atoms with van der Waals surface area (Å²) >= 11 is 0. The standard InChI is InChI=1S/C24H27NO7S/c1-16(23(26)19-7-6-17-4-3-5-18(17)14-19)32-24(27)20-8-9-21(30-2)22(15-20)33(28,29)25-10-12-31-13-11-25/h6-9,14-16H,3-5,10-13H2,1-2H3. The van der Waals surface area contributed by atoms with Crippen LogP contribution in [0.2, 0.25) is 0 Å². The Hall–Kier alpha value is -2.75. The lowest BCUT2D eigenvalue weighted by Crippen LogP contribution is -2.40. The number of ketones is 1. The van der Waals surface area contributed by atoms with Gasteiger partial charge in [-0.2, -0.15) is 4.31 Å². The van der Waals surface area contributed by atoms with E-state index in [4.69, 9.17) is 14.2 Å². The van der Waals surface area contributed by atoms with Gasteiger partial charge in [0.15, 0.2) is 6.10 Å². The molecule has 2 aliphatic rings. The predicted molar refractivity (Wildman–Crippen MR) is 120 cm³/mol. The first-order valence-electron chi connectivity index (χ1n) is 10.9. The summed E-state index contributed by atoms with van der Waals surface area (Å²) in [5, 5.41) is 0. The number of Topliss-reactive ketones (excluding diaryl/α,β-unsaturated/α-hetero) is 1. The van der Waals surface area contributed by atoms with E-state index in [1.165, 1.54) is 42.1 Å². The second-order valence-electron chi connectivity index (χ2n) is 8.13. The van der Waals surface area contributed by atoms with Crippen molar-refractivity contribution in [2.24, 2.45) is 0 Å². The molecule has 8 nitrogen and oxygen atoms in total. The number of aryl methyl sites for hydroxylation is 2. The molecule has 1 aliphatic carbocycles. The predicted octanol–water partition coefficient (Wildman–Crippen LogP) is 2.63. The molecule has 0 N–H and O–H groups in total. The first-order chi connectivity index (χ1) is 15.8. The van der Waals surface area contributed by atoms with E-state index >= 15 is 0 Å². The van der Waals surface area contributed by atoms with Crippen molar-refractivity contribution < 1.29 is 32.2 Å². The third-order valence-electron chi connectivity index (χ3n) is 6.02. The number of carbonyl (C=O) groups is 2. The average Bonchev–Trinajstić information content (AvgIpc) is 3.31. The van der Waals surface area contributed by atoms with Crippen LogP contribution in [0.5, 0.6) is 5.75 Å². The fraction of sp³-hybridized carbons (Fsp3) is 0.417. The Kier molecular flexibility index (Phi) is 6.83. The van der Waals surface area contributed by atoms with Crippen LogP contribution >= 0.6 is 0 Å². The summed E-state index contributed by atoms with van der Waals surface area (Å²) in [6.07, 6.45) is 2.02. The van der Waals surface area contributed by atoms with Crippen molar-refractivity contribution in [2.45, 2.75) is 37.2 Å². The molecule has 33 heavy (non-hydrogen) atoms. The van der Waals surface area contributed by atoms with Gasteiger partial charge in [-0.05, 0) is 61.6 Å². The summed E-state index contributed by atoms with van der Waals surface area (Å²) in [7, 11) is -2.54. The Bertz CT molecular complexity index is 1170. The third-order valence-corrected chi connectivity index (χ3v) is 7.94. The monoisotopic (exact) mass is 473 g/mol. The van der Waals surface area contributed by atoms with Crippen LogP contribution in [0.1, 0.15) is 45.2 Å². The van der Waals surface area contributed by atoms with Crippen LogP contribution in [0.4, 0.5) is 0 Å². The maximum absolute atomic E-state index is 13.1. The number of hydrogen-bond acceptors (Lipinski definition) is 7. The molecule has 1 fully saturated rings. The zero-order chi connectivity index (χ0) is 23.6. The van der Waals surface area contributed by atoms with Crippen molar-refractivity contribution in [1.82, 2.24) is 4.31 Å². The molecule has 4 rings (SSSR count). The number of esters is 1. The van der Waals surface area contributed by atoms with Gasteiger partial charge < -0.3 is 14.2 Å². The highest BCUT2D eigenvalue weighted by molar-refractivity contribution is 7.89. The van der Waals surface area contributed by atoms with Crippen molar-refractivity contribution in [3.63, 3.8) is 0 Å². The fourth-order valence-corrected chi connectivity index (χ4v) is 5.76. The van der Waals surface area contributed by atoms with Crippen LogP contribution in [0.3, 0.4) is 0 Å². The minimum atomic E-state index is -3.90. The van der Waals surface area contributed by atoms with Crippen molar-refractivity contribution in [3.05, 3.63) is 58.7 Å². The quantitative estimate of drug-likeness (QED) is 0.450. The highest BCUT2D eigenvalue weighted by Crippen LogP contribution is 2.29. The van der Waals surface area contributed by atoms with Gasteiger partial charge in [0.2, 0.25) is 15.8 Å². The van der Waals surface area contributed by atoms with Gasteiger partial charge in [0.05, 0.1) is 25.9 Å². The molecule has 0 spiro atoms. The number of carbonyl (C=O) groups excluding carboxylic acids is 2. The first-order valence-corrected chi connectivity index (χ1v) is 12.4. The smallest absolute Gasteiger partial charge is 0.338 e. The van der Waals surface area contributed by atoms with E-state index in [1.807, 2.05) is 12.1 Å². The summed E-state index contributed by atoms with van der Waals surface area (Å²) in [6, 6.07) is 9.66. The van der Waals surface area contributed by atoms with Gasteiger partial charge >= 0.3 is 5.97 Å². The molecule has 0 bridgehead atoms. The molecule has 2 aromatic carbocycles. The Morgan fingerprint density at radius 1 is 1.00 bits per heavy atom. The van der Waals surface area contributed by atoms with Gasteiger partial charge in [0.25, 0.3) is 0 Å². The Morgan fingerprint density at radius 3 is 2.42 bits per heavy atom. The third kappa shape index (κ3) is 4.80. The van der Waals surface area contributed by atoms with Gasteiger partial charge in [-0.1, -0.05) is 12.1 Å². The van der Waals surface area contributed by atoms with Gasteiger partial charge in [-0.25, -0.2) is 13.2 Å². The summed E-state index contributed by atoms with van der Waals surface area (Å²) in [5.41, 5.74) is 2.94. The van der Waals surface area contributed by atoms with E-state index in [0.717, 1.165) is 24.8 Å². The molecule has 1 heterocycles. The molecule has 1 aliphatic heterocycles. The van der Waals surface area contributed by atoms with Crippen LogP contribution < -0.4 is 4.74 Å². The number of benzene rings is 2. The maximum Gasteiger partial charge on any atom is 0.338 e. The molecule has 0 saturated carbocycles. The van der Waals surface area contributed by atoms with Crippen LogP contribution in [0.15, 0.2) is 41.3 Å². The average molecular weight is 474 g/mol. The molecule has 176 valence electrons. The minimum absolute atomic E-state index is 0.0243. The van der Waals surface area contributed by atoms with Crippen molar-refractivity contribution >= 4 is 21.8 Å². The molecule has 0 amide bonds. The zero-order valence-electron chi connectivity index (χ0n) is 18.7. The van der Waals surface area contributed by atoms with Crippen LogP contribution in [-0.2, 0) is 32.3 Å². The lowest BCUT2D eigenvalue weighted by atomic mass is 10.0. The highest BCUT2D eigenvalue weighted by Gasteiger charge is 2.31. The van der Waals surface area contributed by atoms with Crippen molar-refractivity contribution in [2.75, 3.05) is 33.4 Å². The first kappa shape index (κ1) is 23.4. The summed E-state index contributed by atoms with van der Waals surface area (Å²) < 4.78 is 43.4. The lowest BCUT2D eigenvalue weighted by Gasteiger charge is -2.26. The number of nitrogens with zero attached hydrogens (tertiary/aromatic N) is 1. The van der Waals surface area contributed by atoms with Gasteiger partial charge in [-0.3, -0.25) is 4.79 Å². The zero-order valence-corrected chi connectivity index (χ0v) is 19.5. The van der Waals surface area contributed by atoms with E-state index in [2.05, 4.69) is 0 Å².